The summed E-state index contributed by atoms with van der Waals surface area (Å²) in [5.74, 6) is -3.25. The molecule has 2 N–H and O–H groups in total. The number of methoxy groups -OCH3 is 1. The van der Waals surface area contributed by atoms with E-state index in [0.717, 1.165) is 11.1 Å². The SMILES string of the molecule is CO[C@H]1C[C@H]2C=C[C@H]3[C@@H]4O[C@]2(/C(C)=C\[C@@H](C)[C@@H]([C@@H](C)OC(=O)C[n+]2ccc(C)cc2)OC1=O)[C@@H]3[C@H](O)[C@@H](C)[C@H]4OC(=O)c1ccc[nH]1. The van der Waals surface area contributed by atoms with Crippen LogP contribution in [0.2, 0.25) is 0 Å². The van der Waals surface area contributed by atoms with Gasteiger partial charge in [-0.15, -0.1) is 0 Å². The molecule has 1 saturated carbocycles. The summed E-state index contributed by atoms with van der Waals surface area (Å²) < 4.78 is 32.4. The Hall–Kier alpha value is -3.80. The standard InChI is InChI=1S/C36H44N2O9/c1-19-11-14-38(15-12-19)18-28(39)44-23(5)31-20(2)16-21(3)36-24(17-27(43-6)35(42)45-31)9-10-25-29(36)30(40)22(4)32(33(25)47-36)46-34(41)26-8-7-13-37-26/h7-16,20,22-25,27,29-33,40H,17-18H2,1-6H3/p+1/b21-16-/t20-,22-,23-,24-,25-,27+,29+,30-,31+,32-,33+,36+/m1/s1. The number of aromatic nitrogens is 2. The van der Waals surface area contributed by atoms with Crippen LogP contribution in [0, 0.1) is 36.5 Å². The Morgan fingerprint density at radius 1 is 1.17 bits per heavy atom. The number of aliphatic hydroxyl groups is 1. The summed E-state index contributed by atoms with van der Waals surface area (Å²) in [6.45, 7) is 9.47. The van der Waals surface area contributed by atoms with Crippen molar-refractivity contribution in [1.82, 2.24) is 4.98 Å². The van der Waals surface area contributed by atoms with Crippen LogP contribution in [0.4, 0.5) is 0 Å². The zero-order valence-electron chi connectivity index (χ0n) is 27.7. The molecule has 0 unspecified atom stereocenters. The molecule has 1 saturated heterocycles. The molecule has 11 heteroatoms. The van der Waals surface area contributed by atoms with E-state index in [1.807, 2.05) is 70.4 Å². The summed E-state index contributed by atoms with van der Waals surface area (Å²) in [4.78, 5) is 42.5. The van der Waals surface area contributed by atoms with Gasteiger partial charge in [-0.3, -0.25) is 0 Å². The van der Waals surface area contributed by atoms with Crippen LogP contribution >= 0.6 is 0 Å². The monoisotopic (exact) mass is 649 g/mol. The van der Waals surface area contributed by atoms with Crippen LogP contribution in [-0.4, -0.2) is 77.3 Å². The predicted octanol–water partition coefficient (Wildman–Crippen LogP) is 3.25. The van der Waals surface area contributed by atoms with Crippen molar-refractivity contribution in [3.05, 3.63) is 77.9 Å². The topological polar surface area (TPSA) is 137 Å². The second kappa shape index (κ2) is 13.0. The van der Waals surface area contributed by atoms with Crippen LogP contribution < -0.4 is 4.57 Å². The first-order chi connectivity index (χ1) is 22.4. The molecule has 0 aromatic carbocycles. The lowest BCUT2D eigenvalue weighted by Crippen LogP contribution is -2.57. The van der Waals surface area contributed by atoms with E-state index in [4.69, 9.17) is 23.7 Å². The van der Waals surface area contributed by atoms with Crippen LogP contribution in [0.1, 0.15) is 50.2 Å². The molecule has 6 rings (SSSR count). The Labute approximate surface area is 274 Å². The normalized spacial score (nSPS) is 37.9. The molecule has 0 radical (unpaired) electrons. The van der Waals surface area contributed by atoms with Gasteiger partial charge in [0.25, 0.3) is 0 Å². The Kier molecular flexibility index (Phi) is 9.17. The number of rotatable bonds is 7. The number of cyclic esters (lactones) is 1. The van der Waals surface area contributed by atoms with Crippen molar-refractivity contribution in [2.75, 3.05) is 7.11 Å². The van der Waals surface area contributed by atoms with Gasteiger partial charge in [0.2, 0.25) is 6.54 Å². The lowest BCUT2D eigenvalue weighted by atomic mass is 9.57. The number of aromatic amines is 1. The number of carbonyl (C=O) groups is 3. The molecule has 2 fully saturated rings. The summed E-state index contributed by atoms with van der Waals surface area (Å²) in [7, 11) is 1.46. The van der Waals surface area contributed by atoms with Gasteiger partial charge in [0.1, 0.15) is 35.7 Å². The Bertz CT molecular complexity index is 1540. The average molecular weight is 650 g/mol. The van der Waals surface area contributed by atoms with Gasteiger partial charge in [0.15, 0.2) is 18.5 Å². The number of nitrogens with zero attached hydrogens (tertiary/aromatic N) is 1. The van der Waals surface area contributed by atoms with Crippen LogP contribution in [0.15, 0.2) is 66.7 Å². The van der Waals surface area contributed by atoms with Crippen molar-refractivity contribution < 1.29 is 47.7 Å². The highest BCUT2D eigenvalue weighted by molar-refractivity contribution is 5.87. The highest BCUT2D eigenvalue weighted by Crippen LogP contribution is 2.61. The van der Waals surface area contributed by atoms with Crippen molar-refractivity contribution in [1.29, 1.82) is 0 Å². The number of carbonyl (C=O) groups excluding carboxylic acids is 3. The molecule has 2 aliphatic carbocycles. The van der Waals surface area contributed by atoms with E-state index in [1.165, 1.54) is 7.11 Å². The van der Waals surface area contributed by atoms with Crippen molar-refractivity contribution in [3.63, 3.8) is 0 Å². The number of hydrogen-bond donors (Lipinski definition) is 2. The number of aliphatic hydroxyl groups excluding tert-OH is 1. The molecule has 12 atom stereocenters. The van der Waals surface area contributed by atoms with E-state index in [2.05, 4.69) is 4.98 Å². The number of pyridine rings is 1. The fourth-order valence-electron chi connectivity index (χ4n) is 8.23. The third-order valence-electron chi connectivity index (χ3n) is 10.6. The predicted molar refractivity (Wildman–Crippen MR) is 168 cm³/mol. The molecule has 11 nitrogen and oxygen atoms in total. The summed E-state index contributed by atoms with van der Waals surface area (Å²) in [6, 6.07) is 7.18. The quantitative estimate of drug-likeness (QED) is 0.201. The maximum Gasteiger partial charge on any atom is 0.373 e. The lowest BCUT2D eigenvalue weighted by Gasteiger charge is -2.48. The van der Waals surface area contributed by atoms with Gasteiger partial charge in [-0.25, -0.2) is 14.4 Å². The Balaban J connectivity index is 1.31. The number of aryl methyl sites for hydroxylation is 1. The third-order valence-corrected chi connectivity index (χ3v) is 10.6. The molecule has 4 heterocycles. The van der Waals surface area contributed by atoms with Crippen molar-refractivity contribution >= 4 is 17.9 Å². The number of hydrogen-bond acceptors (Lipinski definition) is 9. The number of nitrogens with one attached hydrogen (secondary N) is 1. The van der Waals surface area contributed by atoms with E-state index in [0.29, 0.717) is 5.69 Å². The summed E-state index contributed by atoms with van der Waals surface area (Å²) in [5, 5.41) is 11.9. The third kappa shape index (κ3) is 5.93. The molecule has 2 aromatic rings. The first-order valence-electron chi connectivity index (χ1n) is 16.4. The summed E-state index contributed by atoms with van der Waals surface area (Å²) in [5.41, 5.74) is 1.27. The molecule has 252 valence electrons. The van der Waals surface area contributed by atoms with E-state index in [-0.39, 0.29) is 30.7 Å². The minimum Gasteiger partial charge on any atom is -0.456 e. The summed E-state index contributed by atoms with van der Waals surface area (Å²) >= 11 is 0. The van der Waals surface area contributed by atoms with Gasteiger partial charge < -0.3 is 33.8 Å². The average Bonchev–Trinajstić information content (AvgIpc) is 3.64. The van der Waals surface area contributed by atoms with Gasteiger partial charge in [-0.1, -0.05) is 32.1 Å². The fourth-order valence-corrected chi connectivity index (χ4v) is 8.23. The van der Waals surface area contributed by atoms with E-state index in [1.54, 1.807) is 29.8 Å². The van der Waals surface area contributed by atoms with Gasteiger partial charge >= 0.3 is 17.9 Å². The molecule has 1 spiro atoms. The molecule has 0 amide bonds. The second-order valence-corrected chi connectivity index (χ2v) is 13.6. The molecule has 4 aliphatic rings. The van der Waals surface area contributed by atoms with Crippen molar-refractivity contribution in [2.45, 2.75) is 89.8 Å². The minimum absolute atomic E-state index is 0.0102. The van der Waals surface area contributed by atoms with Gasteiger partial charge in [0.05, 0.1) is 6.10 Å². The largest absolute Gasteiger partial charge is 0.456 e. The lowest BCUT2D eigenvalue weighted by molar-refractivity contribution is -0.686. The highest BCUT2D eigenvalue weighted by atomic mass is 16.6. The van der Waals surface area contributed by atoms with Crippen LogP contribution in [0.5, 0.6) is 0 Å². The van der Waals surface area contributed by atoms with Crippen LogP contribution in [-0.2, 0) is 39.8 Å². The molecule has 47 heavy (non-hydrogen) atoms. The maximum atomic E-state index is 13.6. The van der Waals surface area contributed by atoms with Gasteiger partial charge in [0, 0.05) is 55.0 Å². The number of H-pyrrole nitrogens is 1. The van der Waals surface area contributed by atoms with Crippen LogP contribution in [0.25, 0.3) is 0 Å². The first kappa shape index (κ1) is 33.1. The molecular formula is C36H45N2O9+. The van der Waals surface area contributed by atoms with Crippen molar-refractivity contribution in [2.24, 2.45) is 29.6 Å². The summed E-state index contributed by atoms with van der Waals surface area (Å²) in [6.07, 6.45) is 6.99. The maximum absolute atomic E-state index is 13.6. The zero-order chi connectivity index (χ0) is 33.6. The molecular weight excluding hydrogens is 604 g/mol. The number of ether oxygens (including phenoxy) is 5. The number of esters is 3. The molecule has 4 bridgehead atoms. The van der Waals surface area contributed by atoms with Crippen LogP contribution in [0.3, 0.4) is 0 Å². The highest BCUT2D eigenvalue weighted by Gasteiger charge is 2.69. The molecule has 2 aromatic heterocycles. The van der Waals surface area contributed by atoms with E-state index >= 15 is 0 Å². The molecule has 2 aliphatic heterocycles. The Morgan fingerprint density at radius 3 is 2.60 bits per heavy atom. The van der Waals surface area contributed by atoms with E-state index < -0.39 is 72.0 Å². The van der Waals surface area contributed by atoms with Gasteiger partial charge in [-0.05, 0) is 50.5 Å². The van der Waals surface area contributed by atoms with Crippen molar-refractivity contribution in [3.8, 4) is 0 Å². The van der Waals surface area contributed by atoms with Gasteiger partial charge in [-0.2, -0.15) is 4.57 Å². The zero-order valence-corrected chi connectivity index (χ0v) is 27.7. The first-order valence-corrected chi connectivity index (χ1v) is 16.4. The Morgan fingerprint density at radius 2 is 1.91 bits per heavy atom. The minimum atomic E-state index is -0.999. The van der Waals surface area contributed by atoms with E-state index in [9.17, 15) is 19.5 Å². The smallest absolute Gasteiger partial charge is 0.373 e. The second-order valence-electron chi connectivity index (χ2n) is 13.6. The fraction of sp³-hybridized carbons (Fsp3) is 0.556.